The van der Waals surface area contributed by atoms with Crippen LogP contribution in [0.5, 0.6) is 5.75 Å². The number of hydrogen-bond acceptors (Lipinski definition) is 6. The topological polar surface area (TPSA) is 119 Å². The molecule has 0 bridgehead atoms. The number of carbonyl (C=O) groups is 1. The van der Waals surface area contributed by atoms with Gasteiger partial charge in [-0.1, -0.05) is 18.2 Å². The molecule has 0 aliphatic heterocycles. The van der Waals surface area contributed by atoms with Gasteiger partial charge in [0.2, 0.25) is 0 Å². The van der Waals surface area contributed by atoms with Crippen molar-refractivity contribution in [2.75, 3.05) is 23.8 Å². The monoisotopic (exact) mass is 441 g/mol. The van der Waals surface area contributed by atoms with E-state index in [0.29, 0.717) is 5.69 Å². The quantitative estimate of drug-likeness (QED) is 0.441. The number of carbonyl (C=O) groups excluding carboxylic acids is 1. The van der Waals surface area contributed by atoms with E-state index < -0.39 is 20.9 Å². The SMILES string of the molecule is COc1cc([N+](=O)[O-])ccc1NC(=O)c1ccc(S(=O)(=O)N(C)c2ccccc2)cc1. The van der Waals surface area contributed by atoms with E-state index in [9.17, 15) is 23.3 Å². The maximum atomic E-state index is 12.8. The summed E-state index contributed by atoms with van der Waals surface area (Å²) in [5, 5.41) is 13.5. The van der Waals surface area contributed by atoms with Crippen LogP contribution in [-0.4, -0.2) is 33.4 Å². The fourth-order valence-corrected chi connectivity index (χ4v) is 4.00. The van der Waals surface area contributed by atoms with Gasteiger partial charge in [-0.2, -0.15) is 0 Å². The number of anilines is 2. The van der Waals surface area contributed by atoms with Crippen molar-refractivity contribution in [1.29, 1.82) is 0 Å². The van der Waals surface area contributed by atoms with E-state index >= 15 is 0 Å². The fraction of sp³-hybridized carbons (Fsp3) is 0.0952. The minimum atomic E-state index is -3.80. The normalized spacial score (nSPS) is 10.9. The van der Waals surface area contributed by atoms with Crippen LogP contribution >= 0.6 is 0 Å². The van der Waals surface area contributed by atoms with Gasteiger partial charge >= 0.3 is 0 Å². The van der Waals surface area contributed by atoms with Gasteiger partial charge in [0.15, 0.2) is 0 Å². The van der Waals surface area contributed by atoms with E-state index in [1.54, 1.807) is 30.3 Å². The molecular formula is C21H19N3O6S. The van der Waals surface area contributed by atoms with Crippen molar-refractivity contribution < 1.29 is 22.9 Å². The van der Waals surface area contributed by atoms with Crippen molar-refractivity contribution in [3.05, 3.63) is 88.5 Å². The highest BCUT2D eigenvalue weighted by atomic mass is 32.2. The van der Waals surface area contributed by atoms with Gasteiger partial charge in [0.1, 0.15) is 5.75 Å². The van der Waals surface area contributed by atoms with E-state index in [0.717, 1.165) is 4.31 Å². The number of non-ortho nitro benzene ring substituents is 1. The van der Waals surface area contributed by atoms with Crippen LogP contribution in [0.25, 0.3) is 0 Å². The third-order valence-corrected chi connectivity index (χ3v) is 6.34. The van der Waals surface area contributed by atoms with E-state index in [1.165, 1.54) is 56.6 Å². The lowest BCUT2D eigenvalue weighted by atomic mass is 10.2. The van der Waals surface area contributed by atoms with Crippen LogP contribution in [0.1, 0.15) is 10.4 Å². The molecule has 0 heterocycles. The summed E-state index contributed by atoms with van der Waals surface area (Å²) in [4.78, 5) is 22.9. The summed E-state index contributed by atoms with van der Waals surface area (Å²) >= 11 is 0. The van der Waals surface area contributed by atoms with Crippen molar-refractivity contribution in [2.24, 2.45) is 0 Å². The minimum Gasteiger partial charge on any atom is -0.494 e. The number of nitrogens with one attached hydrogen (secondary N) is 1. The van der Waals surface area contributed by atoms with E-state index in [1.807, 2.05) is 0 Å². The number of nitro groups is 1. The number of sulfonamides is 1. The molecule has 0 saturated carbocycles. The molecule has 0 radical (unpaired) electrons. The molecule has 10 heteroatoms. The van der Waals surface area contributed by atoms with Crippen molar-refractivity contribution in [3.63, 3.8) is 0 Å². The Morgan fingerprint density at radius 2 is 1.68 bits per heavy atom. The van der Waals surface area contributed by atoms with Gasteiger partial charge in [0, 0.05) is 18.7 Å². The van der Waals surface area contributed by atoms with E-state index in [2.05, 4.69) is 5.32 Å². The molecule has 3 rings (SSSR count). The standard InChI is InChI=1S/C21H19N3O6S/c1-23(16-6-4-3-5-7-16)31(28,29)18-11-8-15(9-12-18)21(25)22-19-13-10-17(24(26)27)14-20(19)30-2/h3-14H,1-2H3,(H,22,25). The maximum Gasteiger partial charge on any atom is 0.273 e. The first-order valence-electron chi connectivity index (χ1n) is 9.02. The largest absolute Gasteiger partial charge is 0.494 e. The van der Waals surface area contributed by atoms with Crippen LogP contribution in [0.2, 0.25) is 0 Å². The second-order valence-electron chi connectivity index (χ2n) is 6.43. The average molecular weight is 441 g/mol. The molecule has 0 unspecified atom stereocenters. The molecule has 3 aromatic rings. The zero-order chi connectivity index (χ0) is 22.6. The minimum absolute atomic E-state index is 0.0309. The first-order chi connectivity index (χ1) is 14.7. The summed E-state index contributed by atoms with van der Waals surface area (Å²) < 4.78 is 31.9. The number of nitrogens with zero attached hydrogens (tertiary/aromatic N) is 2. The molecule has 0 atom stereocenters. The molecule has 0 spiro atoms. The molecule has 3 aromatic carbocycles. The highest BCUT2D eigenvalue weighted by molar-refractivity contribution is 7.92. The second-order valence-corrected chi connectivity index (χ2v) is 8.40. The molecule has 160 valence electrons. The van der Waals surface area contributed by atoms with Crippen LogP contribution in [0.3, 0.4) is 0 Å². The molecule has 9 nitrogen and oxygen atoms in total. The summed E-state index contributed by atoms with van der Waals surface area (Å²) in [6, 6.07) is 17.9. The van der Waals surface area contributed by atoms with Gasteiger partial charge < -0.3 is 10.1 Å². The summed E-state index contributed by atoms with van der Waals surface area (Å²) in [5.74, 6) is -0.390. The fourth-order valence-electron chi connectivity index (χ4n) is 2.80. The molecule has 31 heavy (non-hydrogen) atoms. The number of para-hydroxylation sites is 1. The van der Waals surface area contributed by atoms with E-state index in [4.69, 9.17) is 4.74 Å². The average Bonchev–Trinajstić information content (AvgIpc) is 2.79. The van der Waals surface area contributed by atoms with Crippen LogP contribution < -0.4 is 14.4 Å². The highest BCUT2D eigenvalue weighted by Crippen LogP contribution is 2.29. The van der Waals surface area contributed by atoms with Crippen molar-refractivity contribution >= 4 is 33.0 Å². The molecular weight excluding hydrogens is 422 g/mol. The first kappa shape index (κ1) is 21.8. The number of nitro benzene ring substituents is 1. The third-order valence-electron chi connectivity index (χ3n) is 4.54. The first-order valence-corrected chi connectivity index (χ1v) is 10.5. The molecule has 0 fully saturated rings. The molecule has 0 saturated heterocycles. The van der Waals surface area contributed by atoms with Crippen LogP contribution in [-0.2, 0) is 10.0 Å². The Hall–Kier alpha value is -3.92. The summed E-state index contributed by atoms with van der Waals surface area (Å²) in [5.41, 5.74) is 0.793. The van der Waals surface area contributed by atoms with Gasteiger partial charge in [-0.3, -0.25) is 19.2 Å². The van der Waals surface area contributed by atoms with Gasteiger partial charge in [-0.25, -0.2) is 8.42 Å². The van der Waals surface area contributed by atoms with Gasteiger partial charge in [-0.05, 0) is 42.5 Å². The Bertz CT molecular complexity index is 1210. The Kier molecular flexibility index (Phi) is 6.21. The van der Waals surface area contributed by atoms with Crippen molar-refractivity contribution in [3.8, 4) is 5.75 Å². The van der Waals surface area contributed by atoms with Crippen LogP contribution in [0.4, 0.5) is 17.1 Å². The smallest absolute Gasteiger partial charge is 0.273 e. The summed E-state index contributed by atoms with van der Waals surface area (Å²) in [6.45, 7) is 0. The van der Waals surface area contributed by atoms with Crippen LogP contribution in [0, 0.1) is 10.1 Å². The van der Waals surface area contributed by atoms with Crippen molar-refractivity contribution in [2.45, 2.75) is 4.90 Å². The number of methoxy groups -OCH3 is 1. The zero-order valence-electron chi connectivity index (χ0n) is 16.7. The zero-order valence-corrected chi connectivity index (χ0v) is 17.5. The summed E-state index contributed by atoms with van der Waals surface area (Å²) in [6.07, 6.45) is 0. The molecule has 0 aromatic heterocycles. The number of amides is 1. The number of rotatable bonds is 7. The summed E-state index contributed by atoms with van der Waals surface area (Å²) in [7, 11) is -1.02. The van der Waals surface area contributed by atoms with Crippen molar-refractivity contribution in [1.82, 2.24) is 0 Å². The van der Waals surface area contributed by atoms with Gasteiger partial charge in [0.05, 0.1) is 34.4 Å². The molecule has 1 N–H and O–H groups in total. The predicted octanol–water partition coefficient (Wildman–Crippen LogP) is 3.68. The Morgan fingerprint density at radius 3 is 2.26 bits per heavy atom. The second kappa shape index (κ2) is 8.84. The molecule has 1 amide bonds. The highest BCUT2D eigenvalue weighted by Gasteiger charge is 2.22. The third kappa shape index (κ3) is 4.64. The molecule has 0 aliphatic carbocycles. The van der Waals surface area contributed by atoms with Gasteiger partial charge in [0.25, 0.3) is 21.6 Å². The number of hydrogen-bond donors (Lipinski definition) is 1. The number of benzene rings is 3. The van der Waals surface area contributed by atoms with Gasteiger partial charge in [-0.15, -0.1) is 0 Å². The Balaban J connectivity index is 1.80. The lowest BCUT2D eigenvalue weighted by molar-refractivity contribution is -0.384. The molecule has 0 aliphatic rings. The Labute approximate surface area is 179 Å². The lowest BCUT2D eigenvalue weighted by Crippen LogP contribution is -2.26. The maximum absolute atomic E-state index is 12.8. The number of ether oxygens (including phenoxy) is 1. The van der Waals surface area contributed by atoms with Crippen LogP contribution in [0.15, 0.2) is 77.7 Å². The Morgan fingerprint density at radius 1 is 1.03 bits per heavy atom. The predicted molar refractivity (Wildman–Crippen MR) is 116 cm³/mol. The van der Waals surface area contributed by atoms with E-state index in [-0.39, 0.29) is 27.6 Å². The lowest BCUT2D eigenvalue weighted by Gasteiger charge is -2.19.